The van der Waals surface area contributed by atoms with Crippen LogP contribution in [0.15, 0.2) is 12.4 Å². The van der Waals surface area contributed by atoms with E-state index in [1.165, 1.54) is 4.90 Å². The topological polar surface area (TPSA) is 32.8 Å². The summed E-state index contributed by atoms with van der Waals surface area (Å²) >= 11 is 0. The van der Waals surface area contributed by atoms with Gasteiger partial charge in [-0.25, -0.2) is 4.79 Å². The zero-order valence-electron chi connectivity index (χ0n) is 11.1. The zero-order valence-corrected chi connectivity index (χ0v) is 11.1. The second-order valence-electron chi connectivity index (χ2n) is 4.49. The first-order chi connectivity index (χ1) is 8.86. The van der Waals surface area contributed by atoms with Crippen molar-refractivity contribution < 1.29 is 22.7 Å². The highest BCUT2D eigenvalue weighted by Gasteiger charge is 2.44. The van der Waals surface area contributed by atoms with Crippen LogP contribution < -0.4 is 0 Å². The minimum Gasteiger partial charge on any atom is -0.416 e. The van der Waals surface area contributed by atoms with Crippen LogP contribution in [0.3, 0.4) is 0 Å². The molecular formula is C12H19F3N2O2. The number of unbranched alkanes of at least 4 members (excludes halogenated alkanes) is 3. The molecule has 1 aliphatic heterocycles. The molecule has 0 aromatic rings. The van der Waals surface area contributed by atoms with Gasteiger partial charge in [-0.3, -0.25) is 0 Å². The molecule has 1 atom stereocenters. The zero-order chi connectivity index (χ0) is 14.5. The van der Waals surface area contributed by atoms with Gasteiger partial charge in [-0.15, -0.1) is 0 Å². The Labute approximate surface area is 110 Å². The van der Waals surface area contributed by atoms with E-state index in [9.17, 15) is 18.0 Å². The fourth-order valence-electron chi connectivity index (χ4n) is 1.79. The molecule has 0 radical (unpaired) electrons. The van der Waals surface area contributed by atoms with Crippen molar-refractivity contribution >= 4 is 5.97 Å². The molecule has 0 aromatic heterocycles. The lowest BCUT2D eigenvalue weighted by Gasteiger charge is -2.29. The minimum atomic E-state index is -4.96. The molecule has 0 spiro atoms. The van der Waals surface area contributed by atoms with E-state index in [1.807, 2.05) is 0 Å². The first-order valence-electron chi connectivity index (χ1n) is 6.30. The lowest BCUT2D eigenvalue weighted by Crippen LogP contribution is -2.43. The second kappa shape index (κ2) is 6.68. The van der Waals surface area contributed by atoms with Gasteiger partial charge in [-0.2, -0.15) is 13.2 Å². The average Bonchev–Trinajstić information content (AvgIpc) is 2.66. The Kier molecular flexibility index (Phi) is 5.50. The summed E-state index contributed by atoms with van der Waals surface area (Å²) in [5.41, 5.74) is 0. The average molecular weight is 280 g/mol. The van der Waals surface area contributed by atoms with E-state index in [2.05, 4.69) is 11.7 Å². The van der Waals surface area contributed by atoms with Crippen molar-refractivity contribution in [1.82, 2.24) is 9.80 Å². The van der Waals surface area contributed by atoms with Crippen LogP contribution in [0, 0.1) is 0 Å². The normalized spacial score (nSPS) is 19.1. The molecule has 110 valence electrons. The molecule has 1 unspecified atom stereocenters. The Morgan fingerprint density at radius 1 is 1.26 bits per heavy atom. The van der Waals surface area contributed by atoms with Crippen LogP contribution in [0.2, 0.25) is 0 Å². The fraction of sp³-hybridized carbons (Fsp3) is 0.750. The van der Waals surface area contributed by atoms with Crippen molar-refractivity contribution in [2.75, 3.05) is 13.6 Å². The highest BCUT2D eigenvalue weighted by molar-refractivity contribution is 5.75. The number of nitrogens with zero attached hydrogens (tertiary/aromatic N) is 2. The Hall–Kier alpha value is -1.40. The molecule has 19 heavy (non-hydrogen) atoms. The summed E-state index contributed by atoms with van der Waals surface area (Å²) in [7, 11) is 1.57. The fourth-order valence-corrected chi connectivity index (χ4v) is 1.79. The van der Waals surface area contributed by atoms with Gasteiger partial charge in [0.2, 0.25) is 0 Å². The van der Waals surface area contributed by atoms with Crippen LogP contribution in [0.25, 0.3) is 0 Å². The van der Waals surface area contributed by atoms with E-state index < -0.39 is 18.5 Å². The van der Waals surface area contributed by atoms with Crippen molar-refractivity contribution in [3.63, 3.8) is 0 Å². The van der Waals surface area contributed by atoms with Crippen LogP contribution in [0.4, 0.5) is 13.2 Å². The third-order valence-electron chi connectivity index (χ3n) is 2.84. The molecule has 1 rings (SSSR count). The number of hydrogen-bond donors (Lipinski definition) is 0. The summed E-state index contributed by atoms with van der Waals surface area (Å²) < 4.78 is 41.0. The molecule has 0 saturated carbocycles. The minimum absolute atomic E-state index is 0.566. The standard InChI is InChI=1S/C12H19F3N2O2/c1-3-4-5-6-7-17-9-8-16(2)11(17)19-10(18)12(13,14)15/h8-9,11H,3-7H2,1-2H3. The van der Waals surface area contributed by atoms with Crippen LogP contribution >= 0.6 is 0 Å². The number of carbonyl (C=O) groups excluding carboxylic acids is 1. The molecule has 7 heteroatoms. The maximum atomic E-state index is 12.2. The van der Waals surface area contributed by atoms with Gasteiger partial charge < -0.3 is 14.5 Å². The smallest absolute Gasteiger partial charge is 0.416 e. The summed E-state index contributed by atoms with van der Waals surface area (Å²) in [6.45, 7) is 2.65. The first-order valence-corrected chi connectivity index (χ1v) is 6.30. The van der Waals surface area contributed by atoms with Crippen LogP contribution in [0.5, 0.6) is 0 Å². The van der Waals surface area contributed by atoms with Gasteiger partial charge in [0, 0.05) is 26.0 Å². The molecule has 0 N–H and O–H groups in total. The summed E-state index contributed by atoms with van der Waals surface area (Å²) in [4.78, 5) is 13.9. The Bertz CT molecular complexity index is 331. The Balaban J connectivity index is 2.47. The van der Waals surface area contributed by atoms with E-state index in [1.54, 1.807) is 24.3 Å². The summed E-state index contributed by atoms with van der Waals surface area (Å²) in [6.07, 6.45) is 1.29. The van der Waals surface area contributed by atoms with E-state index in [0.29, 0.717) is 6.54 Å². The summed E-state index contributed by atoms with van der Waals surface area (Å²) in [6, 6.07) is 0. The van der Waals surface area contributed by atoms with E-state index in [4.69, 9.17) is 0 Å². The highest BCUT2D eigenvalue weighted by atomic mass is 19.4. The predicted octanol–water partition coefficient (Wildman–Crippen LogP) is 2.67. The maximum absolute atomic E-state index is 12.2. The van der Waals surface area contributed by atoms with Crippen LogP contribution in [-0.4, -0.2) is 41.9 Å². The largest absolute Gasteiger partial charge is 0.491 e. The summed E-state index contributed by atoms with van der Waals surface area (Å²) in [5.74, 6) is -2.16. The second-order valence-corrected chi connectivity index (χ2v) is 4.49. The highest BCUT2D eigenvalue weighted by Crippen LogP contribution is 2.22. The van der Waals surface area contributed by atoms with E-state index in [0.717, 1.165) is 25.7 Å². The van der Waals surface area contributed by atoms with Crippen molar-refractivity contribution in [3.05, 3.63) is 12.4 Å². The van der Waals surface area contributed by atoms with Crippen molar-refractivity contribution in [1.29, 1.82) is 0 Å². The molecular weight excluding hydrogens is 261 g/mol. The van der Waals surface area contributed by atoms with E-state index >= 15 is 0 Å². The lowest BCUT2D eigenvalue weighted by molar-refractivity contribution is -0.218. The summed E-state index contributed by atoms with van der Waals surface area (Å²) in [5, 5.41) is 0. The maximum Gasteiger partial charge on any atom is 0.491 e. The number of halogens is 3. The Morgan fingerprint density at radius 2 is 1.95 bits per heavy atom. The third-order valence-corrected chi connectivity index (χ3v) is 2.84. The first kappa shape index (κ1) is 15.7. The van der Waals surface area contributed by atoms with Gasteiger partial charge >= 0.3 is 12.1 Å². The molecule has 1 heterocycles. The number of esters is 1. The quantitative estimate of drug-likeness (QED) is 0.553. The SMILES string of the molecule is CCCCCCN1C=CN(C)C1OC(=O)C(F)(F)F. The van der Waals surface area contributed by atoms with Crippen molar-refractivity contribution in [3.8, 4) is 0 Å². The number of carbonyl (C=O) groups is 1. The van der Waals surface area contributed by atoms with Crippen molar-refractivity contribution in [2.24, 2.45) is 0 Å². The number of rotatable bonds is 6. The Morgan fingerprint density at radius 3 is 2.53 bits per heavy atom. The number of alkyl halides is 3. The van der Waals surface area contributed by atoms with Crippen LogP contribution in [-0.2, 0) is 9.53 Å². The molecule has 0 aromatic carbocycles. The molecule has 1 aliphatic rings. The predicted molar refractivity (Wildman–Crippen MR) is 63.7 cm³/mol. The van der Waals surface area contributed by atoms with Gasteiger partial charge in [0.25, 0.3) is 6.35 Å². The molecule has 4 nitrogen and oxygen atoms in total. The molecule has 0 amide bonds. The van der Waals surface area contributed by atoms with E-state index in [-0.39, 0.29) is 0 Å². The van der Waals surface area contributed by atoms with Gasteiger partial charge in [-0.05, 0) is 6.42 Å². The third kappa shape index (κ3) is 4.65. The number of hydrogen-bond acceptors (Lipinski definition) is 4. The van der Waals surface area contributed by atoms with Gasteiger partial charge in [0.15, 0.2) is 0 Å². The molecule has 0 saturated heterocycles. The van der Waals surface area contributed by atoms with Gasteiger partial charge in [0.05, 0.1) is 0 Å². The lowest BCUT2D eigenvalue weighted by atomic mass is 10.2. The molecule has 0 bridgehead atoms. The van der Waals surface area contributed by atoms with Crippen molar-refractivity contribution in [2.45, 2.75) is 45.1 Å². The molecule has 0 aliphatic carbocycles. The van der Waals surface area contributed by atoms with Gasteiger partial charge in [0.1, 0.15) is 0 Å². The monoisotopic (exact) mass is 280 g/mol. The van der Waals surface area contributed by atoms with Gasteiger partial charge in [-0.1, -0.05) is 26.2 Å². The number of ether oxygens (including phenoxy) is 1. The molecule has 0 fully saturated rings. The van der Waals surface area contributed by atoms with Crippen LogP contribution in [0.1, 0.15) is 32.6 Å².